The molecule has 2 aromatic rings. The van der Waals surface area contributed by atoms with Gasteiger partial charge in [0.2, 0.25) is 11.5 Å². The van der Waals surface area contributed by atoms with E-state index < -0.39 is 0 Å². The van der Waals surface area contributed by atoms with Crippen molar-refractivity contribution in [1.29, 1.82) is 0 Å². The summed E-state index contributed by atoms with van der Waals surface area (Å²) >= 11 is 0. The van der Waals surface area contributed by atoms with Gasteiger partial charge in [-0.15, -0.1) is 0 Å². The van der Waals surface area contributed by atoms with Crippen molar-refractivity contribution in [2.75, 3.05) is 36.0 Å². The second kappa shape index (κ2) is 5.32. The minimum absolute atomic E-state index is 0.0630. The van der Waals surface area contributed by atoms with Crippen LogP contribution in [0.15, 0.2) is 35.3 Å². The van der Waals surface area contributed by atoms with E-state index in [0.29, 0.717) is 0 Å². The minimum atomic E-state index is -0.0630. The van der Waals surface area contributed by atoms with Crippen molar-refractivity contribution in [3.05, 3.63) is 46.5 Å². The number of pyridine rings is 1. The quantitative estimate of drug-likeness (QED) is 0.875. The summed E-state index contributed by atoms with van der Waals surface area (Å²) in [5.41, 5.74) is 0.914. The number of aromatic nitrogens is 3. The van der Waals surface area contributed by atoms with Crippen LogP contribution in [-0.2, 0) is 0 Å². The SMILES string of the molecule is Cc1ccnc(N2CCN(c3cccc(=O)[nH]3)CC2)n1. The van der Waals surface area contributed by atoms with Crippen LogP contribution in [0.2, 0.25) is 0 Å². The number of aryl methyl sites for hydroxylation is 1. The molecule has 20 heavy (non-hydrogen) atoms. The van der Waals surface area contributed by atoms with Crippen LogP contribution in [0.3, 0.4) is 0 Å². The first kappa shape index (κ1) is 12.7. The number of aromatic amines is 1. The molecule has 2 aromatic heterocycles. The van der Waals surface area contributed by atoms with Gasteiger partial charge in [-0.25, -0.2) is 9.97 Å². The van der Waals surface area contributed by atoms with Crippen molar-refractivity contribution in [3.8, 4) is 0 Å². The highest BCUT2D eigenvalue weighted by Gasteiger charge is 2.19. The smallest absolute Gasteiger partial charge is 0.249 e. The standard InChI is InChI=1S/C14H17N5O/c1-11-5-6-15-14(16-11)19-9-7-18(8-10-19)12-3-2-4-13(20)17-12/h2-6H,7-10H2,1H3,(H,17,20). The van der Waals surface area contributed by atoms with Gasteiger partial charge in [-0.2, -0.15) is 0 Å². The maximum Gasteiger partial charge on any atom is 0.249 e. The first-order valence-electron chi connectivity index (χ1n) is 6.71. The second-order valence-corrected chi connectivity index (χ2v) is 4.87. The Kier molecular flexibility index (Phi) is 3.37. The molecule has 0 aliphatic carbocycles. The zero-order valence-electron chi connectivity index (χ0n) is 11.4. The third kappa shape index (κ3) is 2.64. The molecule has 0 aromatic carbocycles. The van der Waals surface area contributed by atoms with Gasteiger partial charge in [-0.3, -0.25) is 4.79 Å². The van der Waals surface area contributed by atoms with Gasteiger partial charge in [-0.05, 0) is 19.1 Å². The van der Waals surface area contributed by atoms with Crippen molar-refractivity contribution in [2.45, 2.75) is 6.92 Å². The Morgan fingerprint density at radius 3 is 2.55 bits per heavy atom. The highest BCUT2D eigenvalue weighted by molar-refractivity contribution is 5.41. The number of H-pyrrole nitrogens is 1. The third-order valence-corrected chi connectivity index (χ3v) is 3.44. The van der Waals surface area contributed by atoms with E-state index in [9.17, 15) is 4.79 Å². The van der Waals surface area contributed by atoms with Crippen molar-refractivity contribution in [2.24, 2.45) is 0 Å². The highest BCUT2D eigenvalue weighted by atomic mass is 16.1. The van der Waals surface area contributed by atoms with Crippen molar-refractivity contribution in [1.82, 2.24) is 15.0 Å². The van der Waals surface area contributed by atoms with Gasteiger partial charge in [0.05, 0.1) is 0 Å². The Morgan fingerprint density at radius 1 is 1.10 bits per heavy atom. The van der Waals surface area contributed by atoms with Crippen LogP contribution in [0.1, 0.15) is 5.69 Å². The molecule has 0 bridgehead atoms. The van der Waals surface area contributed by atoms with E-state index in [-0.39, 0.29) is 5.56 Å². The van der Waals surface area contributed by atoms with Crippen LogP contribution in [0.25, 0.3) is 0 Å². The predicted octanol–water partition coefficient (Wildman–Crippen LogP) is 0.800. The van der Waals surface area contributed by atoms with E-state index in [2.05, 4.69) is 24.8 Å². The monoisotopic (exact) mass is 271 g/mol. The molecule has 0 amide bonds. The lowest BCUT2D eigenvalue weighted by molar-refractivity contribution is 0.633. The fourth-order valence-electron chi connectivity index (χ4n) is 2.36. The average Bonchev–Trinajstić information content (AvgIpc) is 2.47. The Morgan fingerprint density at radius 2 is 1.85 bits per heavy atom. The molecule has 1 fully saturated rings. The molecule has 0 unspecified atom stereocenters. The van der Waals surface area contributed by atoms with Gasteiger partial charge in [0.1, 0.15) is 5.82 Å². The van der Waals surface area contributed by atoms with E-state index in [1.54, 1.807) is 12.3 Å². The summed E-state index contributed by atoms with van der Waals surface area (Å²) in [4.78, 5) is 27.3. The molecule has 6 nitrogen and oxygen atoms in total. The molecule has 1 N–H and O–H groups in total. The van der Waals surface area contributed by atoms with Crippen LogP contribution in [0.5, 0.6) is 0 Å². The first-order valence-corrected chi connectivity index (χ1v) is 6.71. The number of hydrogen-bond donors (Lipinski definition) is 1. The number of anilines is 2. The van der Waals surface area contributed by atoms with Gasteiger partial charge in [0.15, 0.2) is 0 Å². The normalized spacial score (nSPS) is 15.4. The van der Waals surface area contributed by atoms with Gasteiger partial charge in [0.25, 0.3) is 0 Å². The van der Waals surface area contributed by atoms with Gasteiger partial charge >= 0.3 is 0 Å². The fourth-order valence-corrected chi connectivity index (χ4v) is 2.36. The Bertz CT molecular complexity index is 646. The molecular weight excluding hydrogens is 254 g/mol. The summed E-state index contributed by atoms with van der Waals surface area (Å²) in [5.74, 6) is 1.66. The van der Waals surface area contributed by atoms with Crippen molar-refractivity contribution < 1.29 is 0 Å². The first-order chi connectivity index (χ1) is 9.72. The van der Waals surface area contributed by atoms with E-state index in [4.69, 9.17) is 0 Å². The molecule has 0 radical (unpaired) electrons. The van der Waals surface area contributed by atoms with E-state index in [0.717, 1.165) is 43.6 Å². The van der Waals surface area contributed by atoms with Gasteiger partial charge in [-0.1, -0.05) is 6.07 Å². The number of piperazine rings is 1. The Labute approximate surface area is 117 Å². The molecule has 0 atom stereocenters. The molecule has 0 spiro atoms. The number of nitrogens with one attached hydrogen (secondary N) is 1. The zero-order chi connectivity index (χ0) is 13.9. The summed E-state index contributed by atoms with van der Waals surface area (Å²) < 4.78 is 0. The number of rotatable bonds is 2. The molecule has 6 heteroatoms. The van der Waals surface area contributed by atoms with E-state index in [1.807, 2.05) is 19.1 Å². The van der Waals surface area contributed by atoms with E-state index in [1.165, 1.54) is 6.07 Å². The van der Waals surface area contributed by atoms with Crippen molar-refractivity contribution >= 4 is 11.8 Å². The number of nitrogens with zero attached hydrogens (tertiary/aromatic N) is 4. The molecule has 1 aliphatic heterocycles. The zero-order valence-corrected chi connectivity index (χ0v) is 11.4. The summed E-state index contributed by atoms with van der Waals surface area (Å²) in [6.45, 7) is 5.35. The second-order valence-electron chi connectivity index (χ2n) is 4.87. The average molecular weight is 271 g/mol. The Balaban J connectivity index is 1.69. The van der Waals surface area contributed by atoms with Gasteiger partial charge in [0, 0.05) is 44.1 Å². The summed E-state index contributed by atoms with van der Waals surface area (Å²) in [7, 11) is 0. The molecule has 0 saturated carbocycles. The summed E-state index contributed by atoms with van der Waals surface area (Å²) in [5, 5.41) is 0. The lowest BCUT2D eigenvalue weighted by Crippen LogP contribution is -2.47. The number of hydrogen-bond acceptors (Lipinski definition) is 5. The summed E-state index contributed by atoms with van der Waals surface area (Å²) in [6, 6.07) is 7.14. The molecule has 1 saturated heterocycles. The maximum atomic E-state index is 11.3. The molecule has 104 valence electrons. The maximum absolute atomic E-state index is 11.3. The molecular formula is C14H17N5O. The van der Waals surface area contributed by atoms with E-state index >= 15 is 0 Å². The lowest BCUT2D eigenvalue weighted by Gasteiger charge is -2.35. The fraction of sp³-hybridized carbons (Fsp3) is 0.357. The third-order valence-electron chi connectivity index (χ3n) is 3.44. The molecule has 1 aliphatic rings. The van der Waals surface area contributed by atoms with Crippen LogP contribution in [0.4, 0.5) is 11.8 Å². The summed E-state index contributed by atoms with van der Waals surface area (Å²) in [6.07, 6.45) is 1.79. The predicted molar refractivity (Wildman–Crippen MR) is 78.3 cm³/mol. The molecule has 3 heterocycles. The highest BCUT2D eigenvalue weighted by Crippen LogP contribution is 2.15. The lowest BCUT2D eigenvalue weighted by atomic mass is 10.3. The minimum Gasteiger partial charge on any atom is -0.355 e. The van der Waals surface area contributed by atoms with Crippen molar-refractivity contribution in [3.63, 3.8) is 0 Å². The Hall–Kier alpha value is -2.37. The van der Waals surface area contributed by atoms with Crippen LogP contribution in [0, 0.1) is 6.92 Å². The van der Waals surface area contributed by atoms with Gasteiger partial charge < -0.3 is 14.8 Å². The topological polar surface area (TPSA) is 65.1 Å². The molecule has 3 rings (SSSR count). The largest absolute Gasteiger partial charge is 0.355 e. The van der Waals surface area contributed by atoms with Crippen LogP contribution in [-0.4, -0.2) is 41.1 Å². The van der Waals surface area contributed by atoms with Crippen LogP contribution >= 0.6 is 0 Å². The van der Waals surface area contributed by atoms with Crippen LogP contribution < -0.4 is 15.4 Å².